The summed E-state index contributed by atoms with van der Waals surface area (Å²) in [7, 11) is -0.799. The van der Waals surface area contributed by atoms with Crippen LogP contribution in [0.25, 0.3) is 0 Å². The lowest BCUT2D eigenvalue weighted by Crippen LogP contribution is -2.39. The number of fused-ring (bicyclic) bond motifs is 3. The lowest BCUT2D eigenvalue weighted by atomic mass is 9.70. The van der Waals surface area contributed by atoms with E-state index in [2.05, 4.69) is 90.8 Å². The monoisotopic (exact) mass is 476 g/mol. The molecular weight excluding hydrogens is 435 g/mol. The molecule has 2 unspecified atom stereocenters. The Morgan fingerprint density at radius 2 is 1.32 bits per heavy atom. The van der Waals surface area contributed by atoms with Gasteiger partial charge in [0.1, 0.15) is 0 Å². The highest BCUT2D eigenvalue weighted by Crippen LogP contribution is 2.70. The van der Waals surface area contributed by atoms with Gasteiger partial charge in [-0.2, -0.15) is 0 Å². The van der Waals surface area contributed by atoms with E-state index in [0.29, 0.717) is 29.0 Å². The molecular formula is C30H41N2OP. The van der Waals surface area contributed by atoms with Crippen molar-refractivity contribution in [3.8, 4) is 0 Å². The van der Waals surface area contributed by atoms with Crippen molar-refractivity contribution in [1.29, 1.82) is 0 Å². The van der Waals surface area contributed by atoms with Crippen LogP contribution >= 0.6 is 8.45 Å². The summed E-state index contributed by atoms with van der Waals surface area (Å²) in [6, 6.07) is 23.4. The van der Waals surface area contributed by atoms with E-state index in [1.807, 2.05) is 0 Å². The molecule has 0 amide bonds. The normalized spacial score (nSPS) is 37.2. The third-order valence-corrected chi connectivity index (χ3v) is 12.4. The molecule has 1 heterocycles. The number of hydrogen-bond acceptors (Lipinski definition) is 3. The molecule has 1 saturated heterocycles. The highest BCUT2D eigenvalue weighted by atomic mass is 31.2. The maximum atomic E-state index is 7.42. The Morgan fingerprint density at radius 3 is 1.76 bits per heavy atom. The minimum atomic E-state index is -0.799. The van der Waals surface area contributed by atoms with E-state index < -0.39 is 8.45 Å². The van der Waals surface area contributed by atoms with Crippen molar-refractivity contribution in [2.75, 3.05) is 0 Å². The van der Waals surface area contributed by atoms with Crippen LogP contribution in [-0.2, 0) is 17.6 Å². The molecule has 182 valence electrons. The molecule has 34 heavy (non-hydrogen) atoms. The zero-order valence-corrected chi connectivity index (χ0v) is 22.1. The van der Waals surface area contributed by atoms with Gasteiger partial charge in [-0.3, -0.25) is 0 Å². The molecule has 0 radical (unpaired) electrons. The molecule has 0 spiro atoms. The minimum absolute atomic E-state index is 0.296. The average Bonchev–Trinajstić information content (AvgIpc) is 3.33. The molecule has 1 aliphatic heterocycles. The van der Waals surface area contributed by atoms with E-state index in [4.69, 9.17) is 4.52 Å². The molecule has 2 aromatic carbocycles. The third kappa shape index (κ3) is 3.79. The first-order valence-corrected chi connectivity index (χ1v) is 14.7. The average molecular weight is 477 g/mol. The van der Waals surface area contributed by atoms with Crippen LogP contribution in [0.15, 0.2) is 60.7 Å². The van der Waals surface area contributed by atoms with Crippen LogP contribution in [0.5, 0.6) is 0 Å². The lowest BCUT2D eigenvalue weighted by molar-refractivity contribution is 0.0292. The van der Waals surface area contributed by atoms with Crippen molar-refractivity contribution in [3.63, 3.8) is 0 Å². The summed E-state index contributed by atoms with van der Waals surface area (Å²) in [5, 5.41) is 0. The zero-order valence-electron chi connectivity index (χ0n) is 21.2. The topological polar surface area (TPSA) is 15.7 Å². The summed E-state index contributed by atoms with van der Waals surface area (Å²) in [6.07, 6.45) is 9.65. The maximum absolute atomic E-state index is 7.42. The Bertz CT molecular complexity index is 924. The van der Waals surface area contributed by atoms with Crippen molar-refractivity contribution in [2.24, 2.45) is 16.7 Å². The fourth-order valence-corrected chi connectivity index (χ4v) is 10.3. The largest absolute Gasteiger partial charge is 0.327 e. The summed E-state index contributed by atoms with van der Waals surface area (Å²) >= 11 is 0. The van der Waals surface area contributed by atoms with Crippen LogP contribution < -0.4 is 0 Å². The Balaban J connectivity index is 1.34. The van der Waals surface area contributed by atoms with Gasteiger partial charge in [0.2, 0.25) is 0 Å². The predicted octanol–water partition coefficient (Wildman–Crippen LogP) is 7.77. The molecule has 3 aliphatic carbocycles. The molecule has 2 aromatic rings. The van der Waals surface area contributed by atoms with Crippen molar-refractivity contribution in [3.05, 3.63) is 71.8 Å². The van der Waals surface area contributed by atoms with Crippen molar-refractivity contribution in [2.45, 2.75) is 97.0 Å². The molecule has 2 bridgehead atoms. The Morgan fingerprint density at radius 1 is 0.794 bits per heavy atom. The molecule has 3 saturated carbocycles. The SMILES string of the molecule is CC1(C)[C@H]2CC[C@]1(C)[C@H](OP1N(Cc3ccccc3)C3CCCCC3N1Cc1ccccc1)C2. The van der Waals surface area contributed by atoms with Gasteiger partial charge in [0.15, 0.2) is 8.45 Å². The van der Waals surface area contributed by atoms with Crippen molar-refractivity contribution >= 4 is 8.45 Å². The third-order valence-electron chi connectivity index (χ3n) is 10.2. The van der Waals surface area contributed by atoms with Gasteiger partial charge >= 0.3 is 0 Å². The summed E-state index contributed by atoms with van der Waals surface area (Å²) in [5.41, 5.74) is 3.52. The molecule has 6 rings (SSSR count). The van der Waals surface area contributed by atoms with Gasteiger partial charge in [0, 0.05) is 25.2 Å². The smallest absolute Gasteiger partial charge is 0.189 e. The lowest BCUT2D eigenvalue weighted by Gasteiger charge is -2.42. The van der Waals surface area contributed by atoms with Crippen LogP contribution in [0.3, 0.4) is 0 Å². The van der Waals surface area contributed by atoms with Crippen LogP contribution in [0.2, 0.25) is 0 Å². The fraction of sp³-hybridized carbons (Fsp3) is 0.600. The van der Waals surface area contributed by atoms with E-state index in [1.54, 1.807) is 0 Å². The molecule has 0 N–H and O–H groups in total. The number of rotatable bonds is 6. The van der Waals surface area contributed by atoms with Crippen molar-refractivity contribution < 1.29 is 4.52 Å². The van der Waals surface area contributed by atoms with Gasteiger partial charge in [-0.15, -0.1) is 0 Å². The Labute approximate surface area is 207 Å². The summed E-state index contributed by atoms with van der Waals surface area (Å²) in [4.78, 5) is 0. The number of hydrogen-bond donors (Lipinski definition) is 0. The van der Waals surface area contributed by atoms with Gasteiger partial charge in [-0.25, -0.2) is 9.34 Å². The van der Waals surface area contributed by atoms with Gasteiger partial charge in [0.05, 0.1) is 6.10 Å². The van der Waals surface area contributed by atoms with E-state index in [9.17, 15) is 0 Å². The summed E-state index contributed by atoms with van der Waals surface area (Å²) in [5.74, 6) is 0.813. The molecule has 4 heteroatoms. The second-order valence-corrected chi connectivity index (χ2v) is 13.8. The minimum Gasteiger partial charge on any atom is -0.327 e. The fourth-order valence-electron chi connectivity index (χ4n) is 7.61. The van der Waals surface area contributed by atoms with E-state index in [1.165, 1.54) is 56.1 Å². The molecule has 5 atom stereocenters. The van der Waals surface area contributed by atoms with Gasteiger partial charge in [-0.05, 0) is 60.0 Å². The van der Waals surface area contributed by atoms with Gasteiger partial charge in [-0.1, -0.05) is 94.3 Å². The molecule has 4 fully saturated rings. The maximum Gasteiger partial charge on any atom is 0.189 e. The Hall–Kier alpha value is -1.25. The molecule has 0 aromatic heterocycles. The summed E-state index contributed by atoms with van der Waals surface area (Å²) in [6.45, 7) is 9.58. The quantitative estimate of drug-likeness (QED) is 0.396. The highest BCUT2D eigenvalue weighted by molar-refractivity contribution is 7.47. The van der Waals surface area contributed by atoms with E-state index >= 15 is 0 Å². The second kappa shape index (κ2) is 9.00. The van der Waals surface area contributed by atoms with E-state index in [-0.39, 0.29) is 0 Å². The zero-order chi connectivity index (χ0) is 23.3. The first-order chi connectivity index (χ1) is 16.5. The Kier molecular flexibility index (Phi) is 6.13. The van der Waals surface area contributed by atoms with Crippen LogP contribution in [0.4, 0.5) is 0 Å². The molecule has 4 aliphatic rings. The first kappa shape index (κ1) is 23.2. The van der Waals surface area contributed by atoms with Crippen LogP contribution in [0.1, 0.15) is 76.8 Å². The van der Waals surface area contributed by atoms with Gasteiger partial charge in [0.25, 0.3) is 0 Å². The van der Waals surface area contributed by atoms with E-state index in [0.717, 1.165) is 19.0 Å². The number of benzene rings is 2. The second-order valence-electron chi connectivity index (χ2n) is 12.0. The van der Waals surface area contributed by atoms with Gasteiger partial charge < -0.3 is 4.52 Å². The predicted molar refractivity (Wildman–Crippen MR) is 141 cm³/mol. The molecule has 3 nitrogen and oxygen atoms in total. The summed E-state index contributed by atoms with van der Waals surface area (Å²) < 4.78 is 13.0. The first-order valence-electron chi connectivity index (χ1n) is 13.6. The highest BCUT2D eigenvalue weighted by Gasteiger charge is 2.63. The standard InChI is InChI=1S/C30H41N2OP/c1-29(2)25-18-19-30(29,3)28(20-25)33-34-31(21-23-12-6-4-7-13-23)26-16-10-11-17-27(26)32(34)22-24-14-8-5-9-15-24/h4-9,12-15,25-28H,10-11,16-22H2,1-3H3/t25-,26?,27?,28+,30+,34?/m0/s1. The van der Waals surface area contributed by atoms with Crippen LogP contribution in [-0.4, -0.2) is 27.5 Å². The number of nitrogens with zero attached hydrogens (tertiary/aromatic N) is 2. The van der Waals surface area contributed by atoms with Crippen molar-refractivity contribution in [1.82, 2.24) is 9.34 Å². The van der Waals surface area contributed by atoms with Crippen LogP contribution in [0, 0.1) is 16.7 Å².